The highest BCUT2D eigenvalue weighted by atomic mass is 79.9. The minimum absolute atomic E-state index is 0.0201. The fourth-order valence-corrected chi connectivity index (χ4v) is 4.39. The monoisotopic (exact) mass is 374 g/mol. The largest absolute Gasteiger partial charge is 0.490 e. The first-order valence-electron chi connectivity index (χ1n) is 7.81. The molecule has 2 nitrogen and oxygen atoms in total. The summed E-state index contributed by atoms with van der Waals surface area (Å²) in [5.41, 5.74) is 1.11. The van der Waals surface area contributed by atoms with Crippen LogP contribution in [-0.2, 0) is 0 Å². The number of alkyl halides is 1. The lowest BCUT2D eigenvalue weighted by Crippen LogP contribution is -2.12. The molecule has 0 amide bonds. The maximum absolute atomic E-state index is 6.79. The minimum Gasteiger partial charge on any atom is -0.490 e. The molecule has 0 aliphatic heterocycles. The van der Waals surface area contributed by atoms with Gasteiger partial charge >= 0.3 is 0 Å². The van der Waals surface area contributed by atoms with E-state index in [4.69, 9.17) is 21.1 Å². The number of rotatable bonds is 6. The molecular formula is C17H24BrClO2. The van der Waals surface area contributed by atoms with Gasteiger partial charge < -0.3 is 9.47 Å². The Balaban J connectivity index is 2.31. The van der Waals surface area contributed by atoms with Gasteiger partial charge in [0.1, 0.15) is 0 Å². The first-order valence-corrected chi connectivity index (χ1v) is 9.04. The van der Waals surface area contributed by atoms with Crippen molar-refractivity contribution >= 4 is 27.5 Å². The number of hydrogen-bond acceptors (Lipinski definition) is 2. The molecule has 2 rings (SSSR count). The summed E-state index contributed by atoms with van der Waals surface area (Å²) >= 11 is 10.4. The Kier molecular flexibility index (Phi) is 6.24. The molecule has 3 atom stereocenters. The van der Waals surface area contributed by atoms with Crippen LogP contribution in [0, 0.1) is 11.8 Å². The fraction of sp³-hybridized carbons (Fsp3) is 0.647. The highest BCUT2D eigenvalue weighted by Gasteiger charge is 2.32. The first kappa shape index (κ1) is 17.0. The Morgan fingerprint density at radius 1 is 1.19 bits per heavy atom. The van der Waals surface area contributed by atoms with E-state index in [2.05, 4.69) is 22.9 Å². The average Bonchev–Trinajstić information content (AvgIpc) is 2.87. The van der Waals surface area contributed by atoms with Crippen molar-refractivity contribution in [3.8, 4) is 11.5 Å². The van der Waals surface area contributed by atoms with Crippen molar-refractivity contribution in [1.82, 2.24) is 0 Å². The van der Waals surface area contributed by atoms with Crippen molar-refractivity contribution in [1.29, 1.82) is 0 Å². The predicted octanol–water partition coefficient (Wildman–Crippen LogP) is 5.96. The van der Waals surface area contributed by atoms with Crippen molar-refractivity contribution in [2.45, 2.75) is 45.4 Å². The SMILES string of the molecule is CCOc1cc(Br)c(C(Cl)C2CCCC2C)cc1OCC. The minimum atomic E-state index is 0.0201. The molecule has 1 aromatic rings. The summed E-state index contributed by atoms with van der Waals surface area (Å²) < 4.78 is 12.4. The number of ether oxygens (including phenoxy) is 2. The van der Waals surface area contributed by atoms with Crippen LogP contribution in [0.3, 0.4) is 0 Å². The Hall–Kier alpha value is -0.410. The van der Waals surface area contributed by atoms with Gasteiger partial charge in [-0.1, -0.05) is 35.7 Å². The summed E-state index contributed by atoms with van der Waals surface area (Å²) in [6, 6.07) is 4.03. The lowest BCUT2D eigenvalue weighted by molar-refractivity contribution is 0.287. The average molecular weight is 376 g/mol. The van der Waals surface area contributed by atoms with Gasteiger partial charge in [0.15, 0.2) is 11.5 Å². The third-order valence-electron chi connectivity index (χ3n) is 4.26. The molecule has 0 aromatic heterocycles. The predicted molar refractivity (Wildman–Crippen MR) is 91.6 cm³/mol. The van der Waals surface area contributed by atoms with E-state index in [-0.39, 0.29) is 5.38 Å². The summed E-state index contributed by atoms with van der Waals surface area (Å²) in [7, 11) is 0. The quantitative estimate of drug-likeness (QED) is 0.571. The molecule has 0 heterocycles. The molecule has 1 saturated carbocycles. The zero-order valence-electron chi connectivity index (χ0n) is 13.0. The molecule has 0 radical (unpaired) electrons. The van der Waals surface area contributed by atoms with Crippen LogP contribution < -0.4 is 9.47 Å². The molecule has 1 aromatic carbocycles. The van der Waals surface area contributed by atoms with Gasteiger partial charge in [0.05, 0.1) is 18.6 Å². The van der Waals surface area contributed by atoms with Gasteiger partial charge in [-0.05, 0) is 49.8 Å². The smallest absolute Gasteiger partial charge is 0.162 e. The van der Waals surface area contributed by atoms with E-state index in [9.17, 15) is 0 Å². The van der Waals surface area contributed by atoms with Crippen LogP contribution in [0.1, 0.15) is 51.0 Å². The fourth-order valence-electron chi connectivity index (χ4n) is 3.14. The van der Waals surface area contributed by atoms with E-state index in [0.717, 1.165) is 21.5 Å². The van der Waals surface area contributed by atoms with Gasteiger partial charge in [-0.3, -0.25) is 0 Å². The normalized spacial score (nSPS) is 23.1. The van der Waals surface area contributed by atoms with Crippen LogP contribution in [0.2, 0.25) is 0 Å². The van der Waals surface area contributed by atoms with Crippen LogP contribution in [0.25, 0.3) is 0 Å². The Bertz CT molecular complexity index is 478. The van der Waals surface area contributed by atoms with Crippen LogP contribution in [-0.4, -0.2) is 13.2 Å². The van der Waals surface area contributed by atoms with Crippen molar-refractivity contribution in [2.24, 2.45) is 11.8 Å². The highest BCUT2D eigenvalue weighted by molar-refractivity contribution is 9.10. The topological polar surface area (TPSA) is 18.5 Å². The summed E-state index contributed by atoms with van der Waals surface area (Å²) in [5, 5.41) is 0.0201. The van der Waals surface area contributed by atoms with E-state index in [1.165, 1.54) is 19.3 Å². The van der Waals surface area contributed by atoms with E-state index < -0.39 is 0 Å². The number of benzene rings is 1. The standard InChI is InChI=1S/C17H24BrClO2/c1-4-20-15-9-13(14(18)10-16(15)21-5-2)17(19)12-8-6-7-11(12)3/h9-12,17H,4-8H2,1-3H3. The third kappa shape index (κ3) is 3.87. The van der Waals surface area contributed by atoms with Gasteiger partial charge in [-0.15, -0.1) is 11.6 Å². The molecule has 1 aliphatic rings. The van der Waals surface area contributed by atoms with Crippen LogP contribution in [0.5, 0.6) is 11.5 Å². The molecule has 118 valence electrons. The Labute approximate surface area is 141 Å². The highest BCUT2D eigenvalue weighted by Crippen LogP contribution is 2.47. The van der Waals surface area contributed by atoms with Crippen LogP contribution in [0.15, 0.2) is 16.6 Å². The summed E-state index contributed by atoms with van der Waals surface area (Å²) in [4.78, 5) is 0. The molecule has 3 unspecified atom stereocenters. The summed E-state index contributed by atoms with van der Waals surface area (Å²) in [6.45, 7) is 7.50. The van der Waals surface area contributed by atoms with Crippen molar-refractivity contribution < 1.29 is 9.47 Å². The lowest BCUT2D eigenvalue weighted by Gasteiger charge is -2.24. The van der Waals surface area contributed by atoms with Gasteiger partial charge in [-0.2, -0.15) is 0 Å². The van der Waals surface area contributed by atoms with E-state index in [1.807, 2.05) is 26.0 Å². The van der Waals surface area contributed by atoms with Crippen molar-refractivity contribution in [3.63, 3.8) is 0 Å². The van der Waals surface area contributed by atoms with E-state index in [1.54, 1.807) is 0 Å². The molecular weight excluding hydrogens is 352 g/mol. The van der Waals surface area contributed by atoms with Gasteiger partial charge in [0.25, 0.3) is 0 Å². The number of hydrogen-bond donors (Lipinski definition) is 0. The van der Waals surface area contributed by atoms with Crippen LogP contribution in [0.4, 0.5) is 0 Å². The van der Waals surface area contributed by atoms with Gasteiger partial charge in [-0.25, -0.2) is 0 Å². The Morgan fingerprint density at radius 3 is 2.33 bits per heavy atom. The summed E-state index contributed by atoms with van der Waals surface area (Å²) in [6.07, 6.45) is 3.77. The molecule has 0 spiro atoms. The van der Waals surface area contributed by atoms with Crippen molar-refractivity contribution in [3.05, 3.63) is 22.2 Å². The Morgan fingerprint density at radius 2 is 1.81 bits per heavy atom. The van der Waals surface area contributed by atoms with Gasteiger partial charge in [0, 0.05) is 4.47 Å². The van der Waals surface area contributed by atoms with Gasteiger partial charge in [0.2, 0.25) is 0 Å². The maximum Gasteiger partial charge on any atom is 0.162 e. The number of halogens is 2. The molecule has 0 N–H and O–H groups in total. The van der Waals surface area contributed by atoms with Crippen LogP contribution >= 0.6 is 27.5 Å². The lowest BCUT2D eigenvalue weighted by atomic mass is 9.90. The van der Waals surface area contributed by atoms with E-state index >= 15 is 0 Å². The maximum atomic E-state index is 6.79. The molecule has 0 bridgehead atoms. The zero-order chi connectivity index (χ0) is 15.4. The second-order valence-corrected chi connectivity index (χ2v) is 6.98. The zero-order valence-corrected chi connectivity index (χ0v) is 15.3. The first-order chi connectivity index (χ1) is 10.1. The van der Waals surface area contributed by atoms with Crippen molar-refractivity contribution in [2.75, 3.05) is 13.2 Å². The second-order valence-electron chi connectivity index (χ2n) is 5.66. The molecule has 21 heavy (non-hydrogen) atoms. The molecule has 1 aliphatic carbocycles. The third-order valence-corrected chi connectivity index (χ3v) is 5.51. The molecule has 1 fully saturated rings. The second kappa shape index (κ2) is 7.73. The molecule has 4 heteroatoms. The molecule has 0 saturated heterocycles. The van der Waals surface area contributed by atoms with E-state index in [0.29, 0.717) is 25.0 Å². The summed E-state index contributed by atoms with van der Waals surface area (Å²) in [5.74, 6) is 2.78.